The van der Waals surface area contributed by atoms with E-state index in [1.807, 2.05) is 0 Å². The van der Waals surface area contributed by atoms with E-state index in [0.717, 1.165) is 0 Å². The maximum absolute atomic E-state index is 2.53. The van der Waals surface area contributed by atoms with Crippen molar-refractivity contribution in [3.8, 4) is 0 Å². The van der Waals surface area contributed by atoms with E-state index in [-0.39, 0.29) is 0 Å². The number of rotatable bonds is 0. The Hall–Kier alpha value is 0.210. The van der Waals surface area contributed by atoms with E-state index >= 15 is 0 Å². The summed E-state index contributed by atoms with van der Waals surface area (Å²) in [5, 5.41) is 0. The molecule has 2 rings (SSSR count). The van der Waals surface area contributed by atoms with Crippen LogP contribution in [0.2, 0.25) is 0 Å². The highest BCUT2D eigenvalue weighted by Gasteiger charge is 2.38. The summed E-state index contributed by atoms with van der Waals surface area (Å²) in [5.74, 6) is 0. The summed E-state index contributed by atoms with van der Waals surface area (Å²) >= 11 is 2.53. The van der Waals surface area contributed by atoms with Gasteiger partial charge in [-0.15, -0.1) is 0 Å². The predicted molar refractivity (Wildman–Crippen MR) is 61.4 cm³/mol. The molecule has 0 aromatic heterocycles. The second-order valence-electron chi connectivity index (χ2n) is 4.18. The fourth-order valence-corrected chi connectivity index (χ4v) is 3.44. The van der Waals surface area contributed by atoms with E-state index in [4.69, 9.17) is 0 Å². The lowest BCUT2D eigenvalue weighted by atomic mass is 9.77. The molecular weight excluding hydrogens is 259 g/mol. The Balaban J connectivity index is 2.47. The highest BCUT2D eigenvalue weighted by Crippen LogP contribution is 2.54. The van der Waals surface area contributed by atoms with Gasteiger partial charge < -0.3 is 0 Å². The minimum atomic E-state index is 0.447. The fourth-order valence-electron chi connectivity index (χ4n) is 2.53. The van der Waals surface area contributed by atoms with Crippen LogP contribution < -0.4 is 0 Å². The van der Waals surface area contributed by atoms with Gasteiger partial charge in [0.25, 0.3) is 0 Å². The zero-order chi connectivity index (χ0) is 8.77. The molecule has 0 heterocycles. The molecule has 0 aliphatic heterocycles. The molecule has 2 aliphatic carbocycles. The molecule has 0 aromatic carbocycles. The van der Waals surface area contributed by atoms with Crippen molar-refractivity contribution in [2.24, 2.45) is 5.41 Å². The van der Waals surface area contributed by atoms with Crippen LogP contribution in [0, 0.1) is 5.41 Å². The molecule has 0 saturated heterocycles. The van der Waals surface area contributed by atoms with Crippen LogP contribution >= 0.6 is 22.6 Å². The molecular formula is C11H15I. The van der Waals surface area contributed by atoms with Crippen molar-refractivity contribution in [2.75, 3.05) is 0 Å². The average Bonchev–Trinajstić information content (AvgIpc) is 2.33. The smallest absolute Gasteiger partial charge is 0.0194 e. The van der Waals surface area contributed by atoms with Crippen LogP contribution in [0.25, 0.3) is 0 Å². The third-order valence-electron chi connectivity index (χ3n) is 3.43. The van der Waals surface area contributed by atoms with Crippen LogP contribution in [0.3, 0.4) is 0 Å². The van der Waals surface area contributed by atoms with E-state index in [9.17, 15) is 0 Å². The zero-order valence-electron chi connectivity index (χ0n) is 7.78. The van der Waals surface area contributed by atoms with Crippen molar-refractivity contribution in [3.05, 3.63) is 20.8 Å². The lowest BCUT2D eigenvalue weighted by Gasteiger charge is -2.32. The van der Waals surface area contributed by atoms with Gasteiger partial charge in [-0.3, -0.25) is 0 Å². The van der Waals surface area contributed by atoms with Crippen molar-refractivity contribution in [3.63, 3.8) is 0 Å². The van der Waals surface area contributed by atoms with Crippen LogP contribution in [0.1, 0.15) is 39.5 Å². The van der Waals surface area contributed by atoms with E-state index in [0.29, 0.717) is 5.41 Å². The van der Waals surface area contributed by atoms with E-state index in [1.54, 1.807) is 14.7 Å². The first-order valence-corrected chi connectivity index (χ1v) is 5.78. The molecule has 12 heavy (non-hydrogen) atoms. The summed E-state index contributed by atoms with van der Waals surface area (Å²) in [5.41, 5.74) is 3.86. The van der Waals surface area contributed by atoms with Crippen LogP contribution in [-0.4, -0.2) is 0 Å². The molecule has 0 fully saturated rings. The highest BCUT2D eigenvalue weighted by molar-refractivity contribution is 14.1. The SMILES string of the molecule is CC1=C2CCC=C(I)C2(C)CC1. The molecule has 0 N–H and O–H groups in total. The molecule has 66 valence electrons. The fraction of sp³-hybridized carbons (Fsp3) is 0.636. The van der Waals surface area contributed by atoms with Crippen LogP contribution in [-0.2, 0) is 0 Å². The lowest BCUT2D eigenvalue weighted by molar-refractivity contribution is 0.473. The van der Waals surface area contributed by atoms with Crippen molar-refractivity contribution >= 4 is 22.6 Å². The summed E-state index contributed by atoms with van der Waals surface area (Å²) in [6.07, 6.45) is 7.67. The molecule has 0 bridgehead atoms. The molecule has 1 heteroatoms. The van der Waals surface area contributed by atoms with E-state index in [2.05, 4.69) is 42.5 Å². The average molecular weight is 274 g/mol. The summed E-state index contributed by atoms with van der Waals surface area (Å²) < 4.78 is 1.58. The first-order chi connectivity index (χ1) is 5.64. The first-order valence-electron chi connectivity index (χ1n) is 4.70. The van der Waals surface area contributed by atoms with Crippen LogP contribution in [0.4, 0.5) is 0 Å². The molecule has 2 aliphatic rings. The third-order valence-corrected chi connectivity index (χ3v) is 5.06. The molecule has 0 nitrogen and oxygen atoms in total. The van der Waals surface area contributed by atoms with Gasteiger partial charge in [0.2, 0.25) is 0 Å². The van der Waals surface area contributed by atoms with Gasteiger partial charge in [-0.2, -0.15) is 0 Å². The van der Waals surface area contributed by atoms with Crippen molar-refractivity contribution in [1.82, 2.24) is 0 Å². The van der Waals surface area contributed by atoms with Gasteiger partial charge in [-0.1, -0.05) is 24.1 Å². The molecule has 0 amide bonds. The maximum atomic E-state index is 2.53. The summed E-state index contributed by atoms with van der Waals surface area (Å²) in [6, 6.07) is 0. The minimum absolute atomic E-state index is 0.447. The molecule has 0 radical (unpaired) electrons. The number of fused-ring (bicyclic) bond motifs is 1. The van der Waals surface area contributed by atoms with Gasteiger partial charge >= 0.3 is 0 Å². The topological polar surface area (TPSA) is 0 Å². The van der Waals surface area contributed by atoms with Gasteiger partial charge in [0.15, 0.2) is 0 Å². The monoisotopic (exact) mass is 274 g/mol. The molecule has 1 unspecified atom stereocenters. The van der Waals surface area contributed by atoms with Crippen molar-refractivity contribution < 1.29 is 0 Å². The Bertz CT molecular complexity index is 273. The number of allylic oxidation sites excluding steroid dienone is 4. The second kappa shape index (κ2) is 2.86. The quantitative estimate of drug-likeness (QED) is 0.458. The third kappa shape index (κ3) is 1.09. The van der Waals surface area contributed by atoms with E-state index < -0.39 is 0 Å². The molecule has 0 spiro atoms. The first kappa shape index (κ1) is 8.79. The largest absolute Gasteiger partial charge is 0.0740 e. The number of halogens is 1. The molecule has 1 atom stereocenters. The predicted octanol–water partition coefficient (Wildman–Crippen LogP) is 4.22. The maximum Gasteiger partial charge on any atom is 0.0194 e. The van der Waals surface area contributed by atoms with Crippen LogP contribution in [0.5, 0.6) is 0 Å². The Kier molecular flexibility index (Phi) is 2.10. The van der Waals surface area contributed by atoms with E-state index in [1.165, 1.54) is 25.7 Å². The highest BCUT2D eigenvalue weighted by atomic mass is 127. The Morgan fingerprint density at radius 2 is 2.17 bits per heavy atom. The standard InChI is InChI=1S/C11H15I/c1-8-6-7-11(2)9(8)4-3-5-10(11)12/h5H,3-4,6-7H2,1-2H3. The van der Waals surface area contributed by atoms with Crippen molar-refractivity contribution in [1.29, 1.82) is 0 Å². The molecule has 0 aromatic rings. The number of hydrogen-bond acceptors (Lipinski definition) is 0. The second-order valence-corrected chi connectivity index (χ2v) is 5.34. The Morgan fingerprint density at radius 1 is 1.42 bits per heavy atom. The summed E-state index contributed by atoms with van der Waals surface area (Å²) in [6.45, 7) is 4.73. The summed E-state index contributed by atoms with van der Waals surface area (Å²) in [4.78, 5) is 0. The van der Waals surface area contributed by atoms with Gasteiger partial charge in [-0.05, 0) is 58.8 Å². The lowest BCUT2D eigenvalue weighted by Crippen LogP contribution is -2.18. The Labute approximate surface area is 88.3 Å². The minimum Gasteiger partial charge on any atom is -0.0740 e. The van der Waals surface area contributed by atoms with Gasteiger partial charge in [0.1, 0.15) is 0 Å². The molecule has 0 saturated carbocycles. The van der Waals surface area contributed by atoms with Crippen LogP contribution in [0.15, 0.2) is 20.8 Å². The normalized spacial score (nSPS) is 35.1. The van der Waals surface area contributed by atoms with Gasteiger partial charge in [0, 0.05) is 5.41 Å². The zero-order valence-corrected chi connectivity index (χ0v) is 9.94. The van der Waals surface area contributed by atoms with Crippen molar-refractivity contribution in [2.45, 2.75) is 39.5 Å². The Morgan fingerprint density at radius 3 is 2.83 bits per heavy atom. The number of hydrogen-bond donors (Lipinski definition) is 0. The van der Waals surface area contributed by atoms with Gasteiger partial charge in [-0.25, -0.2) is 0 Å². The van der Waals surface area contributed by atoms with Gasteiger partial charge in [0.05, 0.1) is 0 Å². The summed E-state index contributed by atoms with van der Waals surface area (Å²) in [7, 11) is 0.